The molecule has 3 aromatic carbocycles. The number of aryl methyl sites for hydroxylation is 1. The van der Waals surface area contributed by atoms with Crippen molar-refractivity contribution in [2.24, 2.45) is 0 Å². The van der Waals surface area contributed by atoms with E-state index in [2.05, 4.69) is 5.32 Å². The molecule has 0 aliphatic heterocycles. The summed E-state index contributed by atoms with van der Waals surface area (Å²) < 4.78 is 5.67. The number of hydrogen-bond acceptors (Lipinski definition) is 2. The lowest BCUT2D eigenvalue weighted by Crippen LogP contribution is -2.20. The quantitative estimate of drug-likeness (QED) is 0.783. The Balaban J connectivity index is 1.68. The maximum Gasteiger partial charge on any atom is 0.262 e. The van der Waals surface area contributed by atoms with Gasteiger partial charge in [0.15, 0.2) is 6.61 Å². The fourth-order valence-corrected chi connectivity index (χ4v) is 2.38. The van der Waals surface area contributed by atoms with Crippen LogP contribution in [0.4, 0.5) is 5.69 Å². The molecule has 3 aromatic rings. The Morgan fingerprint density at radius 2 is 1.77 bits per heavy atom. The molecule has 3 nitrogen and oxygen atoms in total. The number of ether oxygens (including phenoxy) is 1. The molecule has 0 unspecified atom stereocenters. The van der Waals surface area contributed by atoms with E-state index in [-0.39, 0.29) is 12.5 Å². The van der Waals surface area contributed by atoms with Gasteiger partial charge >= 0.3 is 0 Å². The van der Waals surface area contributed by atoms with E-state index < -0.39 is 0 Å². The van der Waals surface area contributed by atoms with Crippen molar-refractivity contribution in [3.63, 3.8) is 0 Å². The molecule has 3 heteroatoms. The fraction of sp³-hybridized carbons (Fsp3) is 0.105. The zero-order valence-electron chi connectivity index (χ0n) is 12.4. The zero-order chi connectivity index (χ0) is 15.4. The summed E-state index contributed by atoms with van der Waals surface area (Å²) in [6.07, 6.45) is 0. The monoisotopic (exact) mass is 291 g/mol. The second-order valence-corrected chi connectivity index (χ2v) is 5.18. The van der Waals surface area contributed by atoms with Crippen LogP contribution in [0.15, 0.2) is 66.7 Å². The van der Waals surface area contributed by atoms with Gasteiger partial charge in [0.2, 0.25) is 0 Å². The summed E-state index contributed by atoms with van der Waals surface area (Å²) in [7, 11) is 0. The van der Waals surface area contributed by atoms with Gasteiger partial charge in [0.05, 0.1) is 0 Å². The van der Waals surface area contributed by atoms with Crippen molar-refractivity contribution in [2.75, 3.05) is 11.9 Å². The van der Waals surface area contributed by atoms with Crippen LogP contribution < -0.4 is 10.1 Å². The SMILES string of the molecule is Cc1cccc(NC(=O)COc2cccc3ccccc23)c1. The third-order valence-corrected chi connectivity index (χ3v) is 3.41. The van der Waals surface area contributed by atoms with Crippen LogP contribution in [-0.2, 0) is 4.79 Å². The summed E-state index contributed by atoms with van der Waals surface area (Å²) in [5, 5.41) is 4.94. The number of fused-ring (bicyclic) bond motifs is 1. The van der Waals surface area contributed by atoms with Crippen LogP contribution in [0, 0.1) is 6.92 Å². The number of carbonyl (C=O) groups excluding carboxylic acids is 1. The summed E-state index contributed by atoms with van der Waals surface area (Å²) >= 11 is 0. The van der Waals surface area contributed by atoms with Gasteiger partial charge in [-0.3, -0.25) is 4.79 Å². The number of hydrogen-bond donors (Lipinski definition) is 1. The van der Waals surface area contributed by atoms with Crippen molar-refractivity contribution in [1.82, 2.24) is 0 Å². The van der Waals surface area contributed by atoms with Gasteiger partial charge < -0.3 is 10.1 Å². The molecule has 0 heterocycles. The number of benzene rings is 3. The van der Waals surface area contributed by atoms with E-state index in [1.54, 1.807) is 0 Å². The maximum absolute atomic E-state index is 12.0. The second kappa shape index (κ2) is 6.31. The van der Waals surface area contributed by atoms with Crippen molar-refractivity contribution >= 4 is 22.4 Å². The highest BCUT2D eigenvalue weighted by atomic mass is 16.5. The Hall–Kier alpha value is -2.81. The highest BCUT2D eigenvalue weighted by Gasteiger charge is 2.06. The van der Waals surface area contributed by atoms with Crippen LogP contribution in [0.25, 0.3) is 10.8 Å². The van der Waals surface area contributed by atoms with Crippen LogP contribution in [0.3, 0.4) is 0 Å². The first-order chi connectivity index (χ1) is 10.7. The minimum atomic E-state index is -0.168. The molecule has 0 spiro atoms. The van der Waals surface area contributed by atoms with Crippen molar-refractivity contribution in [1.29, 1.82) is 0 Å². The van der Waals surface area contributed by atoms with Gasteiger partial charge in [-0.1, -0.05) is 48.5 Å². The van der Waals surface area contributed by atoms with Gasteiger partial charge in [-0.25, -0.2) is 0 Å². The minimum Gasteiger partial charge on any atom is -0.483 e. The smallest absolute Gasteiger partial charge is 0.262 e. The predicted molar refractivity (Wildman–Crippen MR) is 89.3 cm³/mol. The number of anilines is 1. The fourth-order valence-electron chi connectivity index (χ4n) is 2.38. The number of nitrogens with one attached hydrogen (secondary N) is 1. The average Bonchev–Trinajstić information content (AvgIpc) is 2.53. The molecule has 110 valence electrons. The molecule has 22 heavy (non-hydrogen) atoms. The molecule has 0 saturated carbocycles. The van der Waals surface area contributed by atoms with Crippen LogP contribution in [0.1, 0.15) is 5.56 Å². The molecule has 0 atom stereocenters. The molecule has 0 radical (unpaired) electrons. The first-order valence-corrected chi connectivity index (χ1v) is 7.19. The Kier molecular flexibility index (Phi) is 4.05. The molecule has 0 aliphatic rings. The van der Waals surface area contributed by atoms with Crippen molar-refractivity contribution in [2.45, 2.75) is 6.92 Å². The Labute approximate surface area is 129 Å². The topological polar surface area (TPSA) is 38.3 Å². The molecule has 0 aromatic heterocycles. The molecular formula is C19H17NO2. The van der Waals surface area contributed by atoms with E-state index in [0.717, 1.165) is 27.8 Å². The highest BCUT2D eigenvalue weighted by molar-refractivity contribution is 5.93. The summed E-state index contributed by atoms with van der Waals surface area (Å²) in [5.41, 5.74) is 1.89. The van der Waals surface area contributed by atoms with Crippen molar-refractivity contribution in [3.8, 4) is 5.75 Å². The van der Waals surface area contributed by atoms with Crippen LogP contribution in [-0.4, -0.2) is 12.5 Å². The van der Waals surface area contributed by atoms with Gasteiger partial charge in [0.1, 0.15) is 5.75 Å². The first kappa shape index (κ1) is 14.1. The second-order valence-electron chi connectivity index (χ2n) is 5.18. The van der Waals surface area contributed by atoms with E-state index in [0.29, 0.717) is 0 Å². The molecule has 1 amide bonds. The Morgan fingerprint density at radius 3 is 2.64 bits per heavy atom. The first-order valence-electron chi connectivity index (χ1n) is 7.19. The Morgan fingerprint density at radius 1 is 1.00 bits per heavy atom. The minimum absolute atomic E-state index is 0.0120. The van der Waals surface area contributed by atoms with Gasteiger partial charge in [-0.2, -0.15) is 0 Å². The summed E-state index contributed by atoms with van der Waals surface area (Å²) in [6, 6.07) is 21.5. The van der Waals surface area contributed by atoms with Crippen LogP contribution in [0.2, 0.25) is 0 Å². The van der Waals surface area contributed by atoms with Gasteiger partial charge in [-0.05, 0) is 36.1 Å². The molecular weight excluding hydrogens is 274 g/mol. The van der Waals surface area contributed by atoms with E-state index in [9.17, 15) is 4.79 Å². The summed E-state index contributed by atoms with van der Waals surface area (Å²) in [4.78, 5) is 12.0. The zero-order valence-corrected chi connectivity index (χ0v) is 12.4. The van der Waals surface area contributed by atoms with Crippen molar-refractivity contribution in [3.05, 3.63) is 72.3 Å². The van der Waals surface area contributed by atoms with E-state index in [1.807, 2.05) is 73.7 Å². The third kappa shape index (κ3) is 3.26. The molecule has 1 N–H and O–H groups in total. The van der Waals surface area contributed by atoms with E-state index in [4.69, 9.17) is 4.74 Å². The summed E-state index contributed by atoms with van der Waals surface area (Å²) in [6.45, 7) is 1.98. The maximum atomic E-state index is 12.0. The van der Waals surface area contributed by atoms with E-state index in [1.165, 1.54) is 0 Å². The number of rotatable bonds is 4. The van der Waals surface area contributed by atoms with Crippen LogP contribution >= 0.6 is 0 Å². The standard InChI is InChI=1S/C19H17NO2/c1-14-6-4-9-16(12-14)20-19(21)13-22-18-11-5-8-15-7-2-3-10-17(15)18/h2-12H,13H2,1H3,(H,20,21). The van der Waals surface area contributed by atoms with Gasteiger partial charge in [0.25, 0.3) is 5.91 Å². The summed E-state index contributed by atoms with van der Waals surface area (Å²) in [5.74, 6) is 0.552. The lowest BCUT2D eigenvalue weighted by Gasteiger charge is -2.10. The highest BCUT2D eigenvalue weighted by Crippen LogP contribution is 2.25. The van der Waals surface area contributed by atoms with Crippen LogP contribution in [0.5, 0.6) is 5.75 Å². The third-order valence-electron chi connectivity index (χ3n) is 3.41. The Bertz CT molecular complexity index is 806. The molecule has 0 bridgehead atoms. The normalized spacial score (nSPS) is 10.4. The molecule has 0 fully saturated rings. The lowest BCUT2D eigenvalue weighted by atomic mass is 10.1. The van der Waals surface area contributed by atoms with Gasteiger partial charge in [-0.15, -0.1) is 0 Å². The predicted octanol–water partition coefficient (Wildman–Crippen LogP) is 4.17. The average molecular weight is 291 g/mol. The lowest BCUT2D eigenvalue weighted by molar-refractivity contribution is -0.118. The number of amides is 1. The van der Waals surface area contributed by atoms with Crippen molar-refractivity contribution < 1.29 is 9.53 Å². The molecule has 3 rings (SSSR count). The molecule has 0 saturated heterocycles. The largest absolute Gasteiger partial charge is 0.483 e. The van der Waals surface area contributed by atoms with Gasteiger partial charge in [0, 0.05) is 11.1 Å². The molecule has 0 aliphatic carbocycles. The van der Waals surface area contributed by atoms with E-state index >= 15 is 0 Å². The number of carbonyl (C=O) groups is 1.